The normalized spacial score (nSPS) is 12.1. The minimum Gasteiger partial charge on any atom is -0.469 e. The van der Waals surface area contributed by atoms with Crippen LogP contribution < -0.4 is 0 Å². The van der Waals surface area contributed by atoms with Crippen molar-refractivity contribution in [2.24, 2.45) is 5.92 Å². The van der Waals surface area contributed by atoms with E-state index in [0.717, 1.165) is 38.7 Å². The minimum absolute atomic E-state index is 0.172. The predicted molar refractivity (Wildman–Crippen MR) is 86.4 cm³/mol. The number of unbranched alkanes of at least 4 members (excludes halogenated alkanes) is 1. The van der Waals surface area contributed by atoms with Crippen LogP contribution in [0.15, 0.2) is 30.3 Å². The van der Waals surface area contributed by atoms with E-state index >= 15 is 0 Å². The van der Waals surface area contributed by atoms with Gasteiger partial charge in [0.1, 0.15) is 0 Å². The number of carbonyl (C=O) groups excluding carboxylic acids is 1. The smallest absolute Gasteiger partial charge is 0.305 e. The van der Waals surface area contributed by atoms with Gasteiger partial charge in [0.2, 0.25) is 0 Å². The van der Waals surface area contributed by atoms with E-state index in [9.17, 15) is 4.79 Å². The Morgan fingerprint density at radius 1 is 1.14 bits per heavy atom. The quantitative estimate of drug-likeness (QED) is 0.475. The third-order valence-electron chi connectivity index (χ3n) is 3.78. The number of rotatable bonds is 12. The maximum absolute atomic E-state index is 11.2. The van der Waals surface area contributed by atoms with Crippen molar-refractivity contribution in [1.29, 1.82) is 0 Å². The average Bonchev–Trinajstić information content (AvgIpc) is 2.56. The third kappa shape index (κ3) is 8.80. The molecule has 0 aliphatic heterocycles. The van der Waals surface area contributed by atoms with E-state index in [4.69, 9.17) is 9.84 Å². The standard InChI is InChI=1S/C18H28O4/c1-21-18(20)11-10-16(12-13-19)7-5-6-14-22-15-17-8-3-2-4-9-17/h2-4,8-9,16,19H,5-7,10-15H2,1H3/t16-/m0/s1. The maximum Gasteiger partial charge on any atom is 0.305 e. The van der Waals surface area contributed by atoms with Crippen molar-refractivity contribution in [2.45, 2.75) is 45.1 Å². The van der Waals surface area contributed by atoms with Gasteiger partial charge >= 0.3 is 5.97 Å². The van der Waals surface area contributed by atoms with E-state index in [1.54, 1.807) is 0 Å². The summed E-state index contributed by atoms with van der Waals surface area (Å²) < 4.78 is 10.3. The molecular weight excluding hydrogens is 280 g/mol. The fourth-order valence-corrected chi connectivity index (χ4v) is 2.44. The van der Waals surface area contributed by atoms with Crippen LogP contribution in [0.25, 0.3) is 0 Å². The Balaban J connectivity index is 2.08. The zero-order valence-electron chi connectivity index (χ0n) is 13.5. The molecule has 0 fully saturated rings. The van der Waals surface area contributed by atoms with Crippen LogP contribution in [-0.4, -0.2) is 31.4 Å². The molecule has 0 aliphatic carbocycles. The van der Waals surface area contributed by atoms with Crippen LogP contribution >= 0.6 is 0 Å². The van der Waals surface area contributed by atoms with Gasteiger partial charge in [-0.1, -0.05) is 43.2 Å². The molecule has 1 atom stereocenters. The largest absolute Gasteiger partial charge is 0.469 e. The number of ether oxygens (including phenoxy) is 2. The molecule has 0 unspecified atom stereocenters. The van der Waals surface area contributed by atoms with Crippen molar-refractivity contribution in [1.82, 2.24) is 0 Å². The Morgan fingerprint density at radius 2 is 1.91 bits per heavy atom. The van der Waals surface area contributed by atoms with Crippen LogP contribution in [0.5, 0.6) is 0 Å². The Kier molecular flexibility index (Phi) is 10.3. The van der Waals surface area contributed by atoms with E-state index in [0.29, 0.717) is 18.9 Å². The molecule has 0 heterocycles. The molecule has 1 rings (SSSR count). The number of esters is 1. The Morgan fingerprint density at radius 3 is 2.59 bits per heavy atom. The second-order valence-corrected chi connectivity index (χ2v) is 5.53. The number of hydrogen-bond acceptors (Lipinski definition) is 4. The summed E-state index contributed by atoms with van der Waals surface area (Å²) >= 11 is 0. The number of aliphatic hydroxyl groups excluding tert-OH is 1. The third-order valence-corrected chi connectivity index (χ3v) is 3.78. The molecule has 0 saturated heterocycles. The molecule has 1 aromatic carbocycles. The molecule has 0 amide bonds. The van der Waals surface area contributed by atoms with Gasteiger partial charge in [0, 0.05) is 19.6 Å². The summed E-state index contributed by atoms with van der Waals surface area (Å²) in [5, 5.41) is 9.09. The second kappa shape index (κ2) is 12.2. The number of methoxy groups -OCH3 is 1. The number of benzene rings is 1. The van der Waals surface area contributed by atoms with Crippen LogP contribution in [0.1, 0.15) is 44.1 Å². The first-order chi connectivity index (χ1) is 10.8. The van der Waals surface area contributed by atoms with Crippen molar-refractivity contribution < 1.29 is 19.4 Å². The second-order valence-electron chi connectivity index (χ2n) is 5.53. The van der Waals surface area contributed by atoms with Crippen LogP contribution in [-0.2, 0) is 20.9 Å². The van der Waals surface area contributed by atoms with Crippen LogP contribution in [0.2, 0.25) is 0 Å². The highest BCUT2D eigenvalue weighted by Crippen LogP contribution is 2.19. The van der Waals surface area contributed by atoms with E-state index in [2.05, 4.69) is 16.9 Å². The molecule has 4 heteroatoms. The highest BCUT2D eigenvalue weighted by atomic mass is 16.5. The van der Waals surface area contributed by atoms with Crippen LogP contribution in [0.4, 0.5) is 0 Å². The lowest BCUT2D eigenvalue weighted by Gasteiger charge is -2.15. The zero-order chi connectivity index (χ0) is 16.0. The summed E-state index contributed by atoms with van der Waals surface area (Å²) in [5.74, 6) is 0.215. The summed E-state index contributed by atoms with van der Waals surface area (Å²) in [5.41, 5.74) is 1.19. The SMILES string of the molecule is COC(=O)CC[C@@H](CCO)CCCCOCc1ccccc1. The van der Waals surface area contributed by atoms with E-state index in [1.807, 2.05) is 18.2 Å². The van der Waals surface area contributed by atoms with Gasteiger partial charge in [-0.2, -0.15) is 0 Å². The number of aliphatic hydroxyl groups is 1. The van der Waals surface area contributed by atoms with E-state index < -0.39 is 0 Å². The molecule has 0 aliphatic rings. The summed E-state index contributed by atoms with van der Waals surface area (Å²) in [6.45, 7) is 1.58. The molecule has 4 nitrogen and oxygen atoms in total. The highest BCUT2D eigenvalue weighted by molar-refractivity contribution is 5.69. The predicted octanol–water partition coefficient (Wildman–Crippen LogP) is 3.33. The van der Waals surface area contributed by atoms with Gasteiger partial charge in [-0.05, 0) is 30.7 Å². The fourth-order valence-electron chi connectivity index (χ4n) is 2.44. The van der Waals surface area contributed by atoms with Crippen molar-refractivity contribution in [2.75, 3.05) is 20.3 Å². The topological polar surface area (TPSA) is 55.8 Å². The Labute approximate surface area is 133 Å². The molecular formula is C18H28O4. The molecule has 0 saturated carbocycles. The molecule has 22 heavy (non-hydrogen) atoms. The van der Waals surface area contributed by atoms with E-state index in [1.165, 1.54) is 12.7 Å². The first kappa shape index (κ1) is 18.7. The van der Waals surface area contributed by atoms with Gasteiger partial charge in [-0.25, -0.2) is 0 Å². The van der Waals surface area contributed by atoms with Crippen LogP contribution in [0.3, 0.4) is 0 Å². The molecule has 0 radical (unpaired) electrons. The van der Waals surface area contributed by atoms with Crippen LogP contribution in [0, 0.1) is 5.92 Å². The van der Waals surface area contributed by atoms with Crippen molar-refractivity contribution in [3.8, 4) is 0 Å². The first-order valence-corrected chi connectivity index (χ1v) is 8.05. The van der Waals surface area contributed by atoms with Gasteiger partial charge in [0.05, 0.1) is 13.7 Å². The van der Waals surface area contributed by atoms with Gasteiger partial charge < -0.3 is 14.6 Å². The maximum atomic E-state index is 11.2. The average molecular weight is 308 g/mol. The molecule has 0 bridgehead atoms. The summed E-state index contributed by atoms with van der Waals surface area (Å²) in [7, 11) is 1.41. The fraction of sp³-hybridized carbons (Fsp3) is 0.611. The summed E-state index contributed by atoms with van der Waals surface area (Å²) in [4.78, 5) is 11.2. The van der Waals surface area contributed by atoms with Gasteiger partial charge in [0.15, 0.2) is 0 Å². The Hall–Kier alpha value is -1.39. The summed E-state index contributed by atoms with van der Waals surface area (Å²) in [6.07, 6.45) is 5.06. The van der Waals surface area contributed by atoms with Gasteiger partial charge in [0.25, 0.3) is 0 Å². The van der Waals surface area contributed by atoms with Crippen molar-refractivity contribution in [3.63, 3.8) is 0 Å². The Bertz CT molecular complexity index is 391. The first-order valence-electron chi connectivity index (χ1n) is 8.05. The van der Waals surface area contributed by atoms with E-state index in [-0.39, 0.29) is 12.6 Å². The van der Waals surface area contributed by atoms with Crippen molar-refractivity contribution >= 4 is 5.97 Å². The van der Waals surface area contributed by atoms with Gasteiger partial charge in [-0.15, -0.1) is 0 Å². The minimum atomic E-state index is -0.172. The highest BCUT2D eigenvalue weighted by Gasteiger charge is 2.11. The number of hydrogen-bond donors (Lipinski definition) is 1. The van der Waals surface area contributed by atoms with Crippen molar-refractivity contribution in [3.05, 3.63) is 35.9 Å². The monoisotopic (exact) mass is 308 g/mol. The molecule has 1 aromatic rings. The summed E-state index contributed by atoms with van der Waals surface area (Å²) in [6, 6.07) is 10.1. The lowest BCUT2D eigenvalue weighted by molar-refractivity contribution is -0.141. The molecule has 1 N–H and O–H groups in total. The lowest BCUT2D eigenvalue weighted by atomic mass is 9.94. The molecule has 0 spiro atoms. The zero-order valence-corrected chi connectivity index (χ0v) is 13.5. The van der Waals surface area contributed by atoms with Gasteiger partial charge in [-0.3, -0.25) is 4.79 Å². The molecule has 124 valence electrons. The number of carbonyl (C=O) groups is 1. The lowest BCUT2D eigenvalue weighted by Crippen LogP contribution is -2.08. The molecule has 0 aromatic heterocycles.